The van der Waals surface area contributed by atoms with Crippen molar-refractivity contribution in [3.63, 3.8) is 0 Å². The Kier molecular flexibility index (Phi) is 6.02. The summed E-state index contributed by atoms with van der Waals surface area (Å²) in [5, 5.41) is 14.0. The fourth-order valence-corrected chi connectivity index (χ4v) is 5.30. The lowest BCUT2D eigenvalue weighted by Gasteiger charge is -2.14. The number of nitrogens with one attached hydrogen (secondary N) is 1. The van der Waals surface area contributed by atoms with Crippen LogP contribution >= 0.6 is 11.3 Å². The lowest BCUT2D eigenvalue weighted by atomic mass is 9.98. The molecule has 2 aliphatic rings. The van der Waals surface area contributed by atoms with Crippen LogP contribution in [0.25, 0.3) is 11.1 Å². The molecule has 1 aromatic heterocycles. The zero-order valence-electron chi connectivity index (χ0n) is 18.3. The predicted molar refractivity (Wildman–Crippen MR) is 126 cm³/mol. The summed E-state index contributed by atoms with van der Waals surface area (Å²) in [4.78, 5) is 41.9. The topological polar surface area (TPSA) is 109 Å². The zero-order chi connectivity index (χ0) is 23.7. The molecule has 9 heteroatoms. The zero-order valence-corrected chi connectivity index (χ0v) is 19.1. The number of hydrogen-bond acceptors (Lipinski definition) is 6. The molecular formula is C25H23N3O5S. The Morgan fingerprint density at radius 1 is 1.09 bits per heavy atom. The molecule has 1 saturated heterocycles. The first kappa shape index (κ1) is 22.1. The number of rotatable bonds is 6. The molecule has 1 aliphatic carbocycles. The number of aromatic nitrogens is 1. The SMILES string of the molecule is O=C(NCc1nc(C(=O)N2CCC(C(=O)O)C2)cs1)OCC1c2ccccc2-c2ccccc21. The van der Waals surface area contributed by atoms with Gasteiger partial charge in [0, 0.05) is 24.4 Å². The van der Waals surface area contributed by atoms with Crippen LogP contribution in [0.3, 0.4) is 0 Å². The summed E-state index contributed by atoms with van der Waals surface area (Å²) < 4.78 is 5.53. The molecule has 174 valence electrons. The molecule has 2 amide bonds. The Balaban J connectivity index is 1.15. The van der Waals surface area contributed by atoms with Gasteiger partial charge in [-0.25, -0.2) is 9.78 Å². The van der Waals surface area contributed by atoms with Gasteiger partial charge in [0.1, 0.15) is 17.3 Å². The highest BCUT2D eigenvalue weighted by Crippen LogP contribution is 2.44. The fraction of sp³-hybridized carbons (Fsp3) is 0.280. The average molecular weight is 478 g/mol. The van der Waals surface area contributed by atoms with Crippen LogP contribution < -0.4 is 5.32 Å². The Labute approximate surface area is 200 Å². The monoisotopic (exact) mass is 477 g/mol. The van der Waals surface area contributed by atoms with Crippen molar-refractivity contribution in [2.75, 3.05) is 19.7 Å². The Morgan fingerprint density at radius 2 is 1.76 bits per heavy atom. The van der Waals surface area contributed by atoms with Gasteiger partial charge in [0.05, 0.1) is 12.5 Å². The van der Waals surface area contributed by atoms with Crippen LogP contribution in [0.5, 0.6) is 0 Å². The molecule has 0 saturated carbocycles. The minimum Gasteiger partial charge on any atom is -0.481 e. The first-order chi connectivity index (χ1) is 16.5. The summed E-state index contributed by atoms with van der Waals surface area (Å²) in [7, 11) is 0. The molecule has 5 rings (SSSR count). The molecule has 0 bridgehead atoms. The van der Waals surface area contributed by atoms with Gasteiger partial charge in [-0.2, -0.15) is 0 Å². The molecule has 2 N–H and O–H groups in total. The maximum atomic E-state index is 12.6. The van der Waals surface area contributed by atoms with E-state index >= 15 is 0 Å². The average Bonchev–Trinajstić information content (AvgIpc) is 3.59. The molecule has 3 aromatic rings. The van der Waals surface area contributed by atoms with E-state index in [9.17, 15) is 14.4 Å². The van der Waals surface area contributed by atoms with Gasteiger partial charge in [-0.3, -0.25) is 9.59 Å². The van der Waals surface area contributed by atoms with Gasteiger partial charge in [-0.1, -0.05) is 48.5 Å². The van der Waals surface area contributed by atoms with Crippen molar-refractivity contribution >= 4 is 29.3 Å². The molecule has 2 heterocycles. The smallest absolute Gasteiger partial charge is 0.407 e. The summed E-state index contributed by atoms with van der Waals surface area (Å²) in [6.07, 6.45) is -0.102. The molecule has 1 atom stereocenters. The lowest BCUT2D eigenvalue weighted by molar-refractivity contribution is -0.141. The summed E-state index contributed by atoms with van der Waals surface area (Å²) in [6, 6.07) is 16.3. The number of likely N-dealkylation sites (tertiary alicyclic amines) is 1. The summed E-state index contributed by atoms with van der Waals surface area (Å²) >= 11 is 1.27. The van der Waals surface area contributed by atoms with E-state index in [0.717, 1.165) is 11.1 Å². The summed E-state index contributed by atoms with van der Waals surface area (Å²) in [6.45, 7) is 0.966. The number of ether oxygens (including phenoxy) is 1. The minimum atomic E-state index is -0.887. The molecule has 8 nitrogen and oxygen atoms in total. The fourth-order valence-electron chi connectivity index (χ4n) is 4.60. The number of carbonyl (C=O) groups is 3. The highest BCUT2D eigenvalue weighted by Gasteiger charge is 2.32. The third-order valence-corrected chi connectivity index (χ3v) is 7.17. The number of hydrogen-bond donors (Lipinski definition) is 2. The van der Waals surface area contributed by atoms with Crippen molar-refractivity contribution in [3.8, 4) is 11.1 Å². The van der Waals surface area contributed by atoms with E-state index < -0.39 is 18.0 Å². The van der Waals surface area contributed by atoms with Crippen molar-refractivity contribution in [1.29, 1.82) is 0 Å². The molecule has 0 spiro atoms. The summed E-state index contributed by atoms with van der Waals surface area (Å²) in [5.74, 6) is -1.72. The largest absolute Gasteiger partial charge is 0.481 e. The van der Waals surface area contributed by atoms with Crippen molar-refractivity contribution in [2.24, 2.45) is 5.92 Å². The van der Waals surface area contributed by atoms with E-state index in [4.69, 9.17) is 9.84 Å². The molecule has 0 radical (unpaired) electrons. The van der Waals surface area contributed by atoms with Gasteiger partial charge in [0.25, 0.3) is 5.91 Å². The number of fused-ring (bicyclic) bond motifs is 3. The van der Waals surface area contributed by atoms with E-state index in [0.29, 0.717) is 18.0 Å². The number of benzene rings is 2. The number of carboxylic acids is 1. The van der Waals surface area contributed by atoms with E-state index in [-0.39, 0.29) is 37.2 Å². The van der Waals surface area contributed by atoms with Crippen molar-refractivity contribution in [1.82, 2.24) is 15.2 Å². The van der Waals surface area contributed by atoms with Crippen LogP contribution in [0, 0.1) is 5.92 Å². The Bertz CT molecular complexity index is 1210. The van der Waals surface area contributed by atoms with E-state index in [1.165, 1.54) is 27.4 Å². The van der Waals surface area contributed by atoms with Crippen LogP contribution in [0.2, 0.25) is 0 Å². The van der Waals surface area contributed by atoms with Gasteiger partial charge >= 0.3 is 12.1 Å². The molecule has 1 fully saturated rings. The normalized spacial score (nSPS) is 16.7. The third kappa shape index (κ3) is 4.26. The Morgan fingerprint density at radius 3 is 2.41 bits per heavy atom. The first-order valence-corrected chi connectivity index (χ1v) is 11.9. The van der Waals surface area contributed by atoms with Crippen molar-refractivity contribution < 1.29 is 24.2 Å². The second-order valence-corrected chi connectivity index (χ2v) is 9.32. The molecule has 1 unspecified atom stereocenters. The lowest BCUT2D eigenvalue weighted by Crippen LogP contribution is -2.30. The number of aliphatic carboxylic acids is 1. The number of amides is 2. The molecule has 34 heavy (non-hydrogen) atoms. The van der Waals surface area contributed by atoms with E-state index in [1.54, 1.807) is 5.38 Å². The molecule has 2 aromatic carbocycles. The predicted octanol–water partition coefficient (Wildman–Crippen LogP) is 3.73. The second-order valence-electron chi connectivity index (χ2n) is 8.38. The van der Waals surface area contributed by atoms with Crippen molar-refractivity contribution in [3.05, 3.63) is 75.7 Å². The standard InChI is InChI=1S/C25H23N3O5S/c29-23(28-10-9-15(12-28)24(30)31)21-14-34-22(27-21)11-26-25(32)33-13-20-18-7-3-1-5-16(18)17-6-2-4-8-19(17)20/h1-8,14-15,20H,9-13H2,(H,26,32)(H,30,31). The minimum absolute atomic E-state index is 0.0164. The van der Waals surface area contributed by atoms with Gasteiger partial charge in [-0.15, -0.1) is 11.3 Å². The number of nitrogens with zero attached hydrogens (tertiary/aromatic N) is 2. The van der Waals surface area contributed by atoms with Gasteiger partial charge in [0.2, 0.25) is 0 Å². The van der Waals surface area contributed by atoms with E-state index in [1.807, 2.05) is 24.3 Å². The van der Waals surface area contributed by atoms with Crippen LogP contribution in [-0.2, 0) is 16.1 Å². The number of thiazole rings is 1. The second kappa shape index (κ2) is 9.26. The number of carboxylic acid groups (broad SMARTS) is 1. The Hall–Kier alpha value is -3.72. The quantitative estimate of drug-likeness (QED) is 0.560. The van der Waals surface area contributed by atoms with Crippen LogP contribution in [0.15, 0.2) is 53.9 Å². The van der Waals surface area contributed by atoms with Crippen LogP contribution in [0.1, 0.15) is 39.0 Å². The third-order valence-electron chi connectivity index (χ3n) is 6.32. The molecular weight excluding hydrogens is 454 g/mol. The summed E-state index contributed by atoms with van der Waals surface area (Å²) in [5.41, 5.74) is 4.89. The van der Waals surface area contributed by atoms with Gasteiger partial charge < -0.3 is 20.1 Å². The molecule has 1 aliphatic heterocycles. The van der Waals surface area contributed by atoms with Gasteiger partial charge in [-0.05, 0) is 28.7 Å². The number of carbonyl (C=O) groups excluding carboxylic acids is 2. The van der Waals surface area contributed by atoms with Crippen molar-refractivity contribution in [2.45, 2.75) is 18.9 Å². The maximum absolute atomic E-state index is 12.6. The van der Waals surface area contributed by atoms with Crippen LogP contribution in [-0.4, -0.2) is 52.7 Å². The highest BCUT2D eigenvalue weighted by molar-refractivity contribution is 7.09. The van der Waals surface area contributed by atoms with E-state index in [2.05, 4.69) is 34.6 Å². The first-order valence-electron chi connectivity index (χ1n) is 11.1. The highest BCUT2D eigenvalue weighted by atomic mass is 32.1. The number of alkyl carbamates (subject to hydrolysis) is 1. The maximum Gasteiger partial charge on any atom is 0.407 e. The van der Waals surface area contributed by atoms with Gasteiger partial charge in [0.15, 0.2) is 0 Å². The van der Waals surface area contributed by atoms with Crippen LogP contribution in [0.4, 0.5) is 4.79 Å².